The highest BCUT2D eigenvalue weighted by Gasteiger charge is 2.15. The molecule has 0 fully saturated rings. The number of pyridine rings is 1. The maximum absolute atomic E-state index is 7.80. The molecule has 0 aliphatic carbocycles. The summed E-state index contributed by atoms with van der Waals surface area (Å²) in [5, 5.41) is 8.73. The molecule has 0 aliphatic heterocycles. The van der Waals surface area contributed by atoms with E-state index < -0.39 is 0 Å². The largest absolute Gasteiger partial charge is 0.384 e. The lowest BCUT2D eigenvalue weighted by molar-refractivity contribution is 0.663. The van der Waals surface area contributed by atoms with Gasteiger partial charge in [0.25, 0.3) is 0 Å². The van der Waals surface area contributed by atoms with E-state index in [0.29, 0.717) is 6.04 Å². The number of amidine groups is 1. The van der Waals surface area contributed by atoms with Crippen LogP contribution in [0.4, 0.5) is 5.82 Å². The predicted molar refractivity (Wildman–Crippen MR) is 85.5 cm³/mol. The lowest BCUT2D eigenvalue weighted by Crippen LogP contribution is -2.32. The van der Waals surface area contributed by atoms with E-state index in [1.54, 1.807) is 0 Å². The van der Waals surface area contributed by atoms with Gasteiger partial charge >= 0.3 is 0 Å². The van der Waals surface area contributed by atoms with Gasteiger partial charge in [0.05, 0.1) is 5.52 Å². The Kier molecular flexibility index (Phi) is 4.23. The Morgan fingerprint density at radius 3 is 2.65 bits per heavy atom. The number of benzene rings is 1. The van der Waals surface area contributed by atoms with Gasteiger partial charge in [-0.15, -0.1) is 0 Å². The normalized spacial score (nSPS) is 11.0. The maximum atomic E-state index is 7.80. The number of nitrogens with zero attached hydrogens (tertiary/aromatic N) is 2. The second-order valence-corrected chi connectivity index (χ2v) is 5.25. The molecule has 0 bridgehead atoms. The van der Waals surface area contributed by atoms with Crippen LogP contribution in [-0.2, 0) is 0 Å². The first-order valence-corrected chi connectivity index (χ1v) is 7.05. The number of nitrogens with two attached hydrogens (primary N) is 1. The number of aromatic nitrogens is 1. The molecule has 3 N–H and O–H groups in total. The van der Waals surface area contributed by atoms with Crippen molar-refractivity contribution in [3.8, 4) is 0 Å². The summed E-state index contributed by atoms with van der Waals surface area (Å²) in [5.74, 6) is 0.982. The third-order valence-electron chi connectivity index (χ3n) is 3.37. The predicted octanol–water partition coefficient (Wildman–Crippen LogP) is 3.14. The number of hydrogen-bond donors (Lipinski definition) is 2. The van der Waals surface area contributed by atoms with Crippen molar-refractivity contribution in [2.45, 2.75) is 33.2 Å². The van der Waals surface area contributed by atoms with Crippen molar-refractivity contribution >= 4 is 22.6 Å². The smallest absolute Gasteiger partial charge is 0.130 e. The van der Waals surface area contributed by atoms with Crippen molar-refractivity contribution in [3.05, 3.63) is 35.9 Å². The SMILES string of the molecule is CCCN(c1cc(C(=N)N)c2ccccc2n1)C(C)C. The summed E-state index contributed by atoms with van der Waals surface area (Å²) >= 11 is 0. The average molecular weight is 270 g/mol. The number of para-hydroxylation sites is 1. The van der Waals surface area contributed by atoms with Gasteiger partial charge in [0.15, 0.2) is 0 Å². The van der Waals surface area contributed by atoms with Crippen molar-refractivity contribution in [1.82, 2.24) is 4.98 Å². The van der Waals surface area contributed by atoms with Crippen LogP contribution >= 0.6 is 0 Å². The summed E-state index contributed by atoms with van der Waals surface area (Å²) in [7, 11) is 0. The summed E-state index contributed by atoms with van der Waals surface area (Å²) in [6.45, 7) is 7.41. The van der Waals surface area contributed by atoms with Crippen LogP contribution in [0.15, 0.2) is 30.3 Å². The van der Waals surface area contributed by atoms with Crippen molar-refractivity contribution in [2.75, 3.05) is 11.4 Å². The second-order valence-electron chi connectivity index (χ2n) is 5.25. The molecule has 0 amide bonds. The van der Waals surface area contributed by atoms with Gasteiger partial charge in [0, 0.05) is 23.5 Å². The summed E-state index contributed by atoms with van der Waals surface area (Å²) in [6, 6.07) is 10.1. The van der Waals surface area contributed by atoms with Gasteiger partial charge in [0.1, 0.15) is 11.7 Å². The van der Waals surface area contributed by atoms with Gasteiger partial charge in [-0.3, -0.25) is 5.41 Å². The number of fused-ring (bicyclic) bond motifs is 1. The van der Waals surface area contributed by atoms with Gasteiger partial charge in [-0.05, 0) is 32.4 Å². The molecule has 0 atom stereocenters. The molecule has 0 saturated carbocycles. The van der Waals surface area contributed by atoms with Gasteiger partial charge in [-0.25, -0.2) is 4.98 Å². The van der Waals surface area contributed by atoms with Gasteiger partial charge in [0.2, 0.25) is 0 Å². The fourth-order valence-electron chi connectivity index (χ4n) is 2.41. The van der Waals surface area contributed by atoms with Crippen LogP contribution in [0.5, 0.6) is 0 Å². The maximum Gasteiger partial charge on any atom is 0.130 e. The van der Waals surface area contributed by atoms with E-state index in [4.69, 9.17) is 16.1 Å². The minimum Gasteiger partial charge on any atom is -0.384 e. The van der Waals surface area contributed by atoms with Crippen LogP contribution in [0.2, 0.25) is 0 Å². The highest BCUT2D eigenvalue weighted by atomic mass is 15.2. The summed E-state index contributed by atoms with van der Waals surface area (Å²) in [6.07, 6.45) is 1.06. The highest BCUT2D eigenvalue weighted by molar-refractivity contribution is 6.07. The van der Waals surface area contributed by atoms with E-state index in [0.717, 1.165) is 35.2 Å². The molecule has 0 spiro atoms. The van der Waals surface area contributed by atoms with E-state index in [1.165, 1.54) is 0 Å². The fourth-order valence-corrected chi connectivity index (χ4v) is 2.41. The highest BCUT2D eigenvalue weighted by Crippen LogP contribution is 2.24. The molecular formula is C16H22N4. The number of nitrogens with one attached hydrogen (secondary N) is 1. The Morgan fingerprint density at radius 1 is 1.35 bits per heavy atom. The molecule has 106 valence electrons. The first-order chi connectivity index (χ1) is 9.54. The van der Waals surface area contributed by atoms with Gasteiger partial charge in [-0.2, -0.15) is 0 Å². The van der Waals surface area contributed by atoms with Crippen molar-refractivity contribution in [2.24, 2.45) is 5.73 Å². The third-order valence-corrected chi connectivity index (χ3v) is 3.37. The lowest BCUT2D eigenvalue weighted by Gasteiger charge is -2.28. The summed E-state index contributed by atoms with van der Waals surface area (Å²) in [5.41, 5.74) is 7.38. The first kappa shape index (κ1) is 14.3. The van der Waals surface area contributed by atoms with Crippen LogP contribution in [0.25, 0.3) is 10.9 Å². The van der Waals surface area contributed by atoms with E-state index >= 15 is 0 Å². The fraction of sp³-hybridized carbons (Fsp3) is 0.375. The molecule has 20 heavy (non-hydrogen) atoms. The monoisotopic (exact) mass is 270 g/mol. The Hall–Kier alpha value is -2.10. The molecule has 0 unspecified atom stereocenters. The number of hydrogen-bond acceptors (Lipinski definition) is 3. The topological polar surface area (TPSA) is 66.0 Å². The van der Waals surface area contributed by atoms with Crippen LogP contribution in [0.3, 0.4) is 0 Å². The van der Waals surface area contributed by atoms with E-state index in [2.05, 4.69) is 25.7 Å². The Labute approximate surface area is 120 Å². The van der Waals surface area contributed by atoms with E-state index in [-0.39, 0.29) is 5.84 Å². The van der Waals surface area contributed by atoms with Crippen LogP contribution < -0.4 is 10.6 Å². The molecule has 4 heteroatoms. The standard InChI is InChI=1S/C16H22N4/c1-4-9-20(11(2)3)15-10-13(16(17)18)12-7-5-6-8-14(12)19-15/h5-8,10-11H,4,9H2,1-3H3,(H3,17,18). The zero-order valence-electron chi connectivity index (χ0n) is 12.4. The minimum atomic E-state index is 0.0880. The van der Waals surface area contributed by atoms with E-state index in [1.807, 2.05) is 30.3 Å². The molecule has 2 rings (SSSR count). The lowest BCUT2D eigenvalue weighted by atomic mass is 10.1. The molecule has 1 aromatic heterocycles. The summed E-state index contributed by atoms with van der Waals surface area (Å²) in [4.78, 5) is 6.98. The van der Waals surface area contributed by atoms with Crippen molar-refractivity contribution < 1.29 is 0 Å². The minimum absolute atomic E-state index is 0.0880. The van der Waals surface area contributed by atoms with Gasteiger partial charge in [-0.1, -0.05) is 25.1 Å². The zero-order chi connectivity index (χ0) is 14.7. The average Bonchev–Trinajstić information content (AvgIpc) is 2.43. The third kappa shape index (κ3) is 2.74. The molecule has 1 aromatic carbocycles. The Bertz CT molecular complexity index is 619. The number of rotatable bonds is 5. The van der Waals surface area contributed by atoms with Gasteiger partial charge < -0.3 is 10.6 Å². The van der Waals surface area contributed by atoms with Crippen LogP contribution in [-0.4, -0.2) is 23.4 Å². The van der Waals surface area contributed by atoms with Crippen LogP contribution in [0, 0.1) is 5.41 Å². The number of anilines is 1. The molecule has 1 heterocycles. The number of nitrogen functional groups attached to an aromatic ring is 1. The molecule has 0 radical (unpaired) electrons. The van der Waals surface area contributed by atoms with E-state index in [9.17, 15) is 0 Å². The molecule has 2 aromatic rings. The Balaban J connectivity index is 2.62. The summed E-state index contributed by atoms with van der Waals surface area (Å²) < 4.78 is 0. The quantitative estimate of drug-likeness (QED) is 0.648. The molecule has 0 aliphatic rings. The Morgan fingerprint density at radius 2 is 2.05 bits per heavy atom. The van der Waals surface area contributed by atoms with Crippen LogP contribution in [0.1, 0.15) is 32.8 Å². The molecule has 0 saturated heterocycles. The van der Waals surface area contributed by atoms with Crippen molar-refractivity contribution in [1.29, 1.82) is 5.41 Å². The molecular weight excluding hydrogens is 248 g/mol. The zero-order valence-corrected chi connectivity index (χ0v) is 12.4. The first-order valence-electron chi connectivity index (χ1n) is 7.05. The van der Waals surface area contributed by atoms with Crippen molar-refractivity contribution in [3.63, 3.8) is 0 Å². The second kappa shape index (κ2) is 5.90. The molecule has 4 nitrogen and oxygen atoms in total.